The zero-order chi connectivity index (χ0) is 20.3. The summed E-state index contributed by atoms with van der Waals surface area (Å²) in [6.07, 6.45) is 1.80. The summed E-state index contributed by atoms with van der Waals surface area (Å²) in [5.41, 5.74) is 1.40. The number of rotatable bonds is 6. The number of methoxy groups -OCH3 is 1. The van der Waals surface area contributed by atoms with Crippen molar-refractivity contribution < 1.29 is 9.47 Å². The molecule has 0 aliphatic heterocycles. The van der Waals surface area contributed by atoms with Crippen LogP contribution in [0.4, 0.5) is 0 Å². The van der Waals surface area contributed by atoms with Crippen LogP contribution in [0.3, 0.4) is 0 Å². The van der Waals surface area contributed by atoms with Crippen LogP contribution >= 0.6 is 15.9 Å². The molecule has 0 fully saturated rings. The lowest BCUT2D eigenvalue weighted by Crippen LogP contribution is -2.33. The molecule has 0 atom stereocenters. The highest BCUT2D eigenvalue weighted by atomic mass is 79.9. The summed E-state index contributed by atoms with van der Waals surface area (Å²) in [5.74, 6) is 1.73. The Balaban J connectivity index is 2.02. The highest BCUT2D eigenvalue weighted by Crippen LogP contribution is 2.28. The number of H-pyrrole nitrogens is 1. The third-order valence-electron chi connectivity index (χ3n) is 4.14. The van der Waals surface area contributed by atoms with Crippen LogP contribution in [0.5, 0.6) is 11.5 Å². The van der Waals surface area contributed by atoms with E-state index in [4.69, 9.17) is 9.47 Å². The Kier molecular flexibility index (Phi) is 6.09. The Morgan fingerprint density at radius 2 is 2.00 bits per heavy atom. The van der Waals surface area contributed by atoms with Crippen LogP contribution in [0.15, 0.2) is 51.7 Å². The fraction of sp³-hybridized carbons (Fsp3) is 0.227. The molecule has 3 aromatic rings. The van der Waals surface area contributed by atoms with E-state index in [2.05, 4.69) is 41.5 Å². The maximum atomic E-state index is 12.9. The second kappa shape index (κ2) is 8.52. The molecule has 1 aromatic heterocycles. The molecule has 2 aromatic carbocycles. The summed E-state index contributed by atoms with van der Waals surface area (Å²) in [4.78, 5) is 12.9. The van der Waals surface area contributed by atoms with Gasteiger partial charge in [0.15, 0.2) is 11.5 Å². The second-order valence-electron chi connectivity index (χ2n) is 6.88. The SMILES string of the molecule is C=c1[nH]n(-c2cccc(Br)c2)c(=O)/c1=C\c1ccc(OCC(C)C)c(OC)c1. The van der Waals surface area contributed by atoms with Gasteiger partial charge in [0, 0.05) is 4.47 Å². The van der Waals surface area contributed by atoms with Gasteiger partial charge in [-0.1, -0.05) is 48.5 Å². The predicted molar refractivity (Wildman–Crippen MR) is 116 cm³/mol. The normalized spacial score (nSPS) is 11.8. The lowest BCUT2D eigenvalue weighted by Gasteiger charge is -2.12. The number of hydrogen-bond acceptors (Lipinski definition) is 3. The summed E-state index contributed by atoms with van der Waals surface area (Å²) in [6.45, 7) is 8.77. The second-order valence-corrected chi connectivity index (χ2v) is 7.80. The van der Waals surface area contributed by atoms with E-state index in [1.165, 1.54) is 4.68 Å². The number of benzene rings is 2. The molecule has 6 heteroatoms. The van der Waals surface area contributed by atoms with E-state index in [0.29, 0.717) is 34.6 Å². The van der Waals surface area contributed by atoms with Crippen molar-refractivity contribution in [2.75, 3.05) is 13.7 Å². The number of ether oxygens (including phenoxy) is 2. The Labute approximate surface area is 172 Å². The summed E-state index contributed by atoms with van der Waals surface area (Å²) >= 11 is 3.43. The van der Waals surface area contributed by atoms with Gasteiger partial charge in [-0.05, 0) is 47.9 Å². The molecule has 0 bridgehead atoms. The highest BCUT2D eigenvalue weighted by molar-refractivity contribution is 9.10. The number of aromatic nitrogens is 2. The Morgan fingerprint density at radius 1 is 1.21 bits per heavy atom. The molecular formula is C22H23BrN2O3. The van der Waals surface area contributed by atoms with Gasteiger partial charge in [-0.2, -0.15) is 0 Å². The molecule has 5 nitrogen and oxygen atoms in total. The molecular weight excluding hydrogens is 420 g/mol. The number of halogens is 1. The smallest absolute Gasteiger partial charge is 0.279 e. The van der Waals surface area contributed by atoms with E-state index < -0.39 is 0 Å². The lowest BCUT2D eigenvalue weighted by atomic mass is 10.1. The van der Waals surface area contributed by atoms with Crippen molar-refractivity contribution in [3.05, 3.63) is 73.4 Å². The number of hydrogen-bond donors (Lipinski definition) is 1. The first kappa shape index (κ1) is 20.0. The van der Waals surface area contributed by atoms with Crippen molar-refractivity contribution >= 4 is 28.6 Å². The monoisotopic (exact) mass is 442 g/mol. The van der Waals surface area contributed by atoms with Gasteiger partial charge in [0.05, 0.1) is 30.0 Å². The van der Waals surface area contributed by atoms with Crippen LogP contribution < -0.4 is 25.6 Å². The van der Waals surface area contributed by atoms with Gasteiger partial charge >= 0.3 is 0 Å². The van der Waals surface area contributed by atoms with Gasteiger partial charge < -0.3 is 9.47 Å². The third-order valence-corrected chi connectivity index (χ3v) is 4.64. The van der Waals surface area contributed by atoms with Crippen LogP contribution in [0, 0.1) is 5.92 Å². The van der Waals surface area contributed by atoms with Crippen LogP contribution in [-0.4, -0.2) is 23.5 Å². The summed E-state index contributed by atoms with van der Waals surface area (Å²) < 4.78 is 13.6. The number of nitrogens with zero attached hydrogens (tertiary/aromatic N) is 1. The highest BCUT2D eigenvalue weighted by Gasteiger charge is 2.08. The van der Waals surface area contributed by atoms with E-state index in [1.807, 2.05) is 42.5 Å². The zero-order valence-corrected chi connectivity index (χ0v) is 17.7. The Hall–Kier alpha value is -2.73. The Morgan fingerprint density at radius 3 is 2.68 bits per heavy atom. The standard InChI is InChI=1S/C22H23BrN2O3/c1-14(2)13-28-20-9-8-16(11-21(20)27-4)10-19-15(3)24-25(22(19)26)18-7-5-6-17(23)12-18/h5-12,14,24H,3,13H2,1-2,4H3/b19-10-. The number of nitrogens with one attached hydrogen (secondary N) is 1. The topological polar surface area (TPSA) is 56.2 Å². The van der Waals surface area contributed by atoms with Gasteiger partial charge in [-0.15, -0.1) is 0 Å². The average molecular weight is 443 g/mol. The fourth-order valence-corrected chi connectivity index (χ4v) is 3.14. The quantitative estimate of drug-likeness (QED) is 0.637. The molecule has 0 aliphatic rings. The molecule has 0 unspecified atom stereocenters. The van der Waals surface area contributed by atoms with E-state index >= 15 is 0 Å². The molecule has 0 aliphatic carbocycles. The molecule has 0 radical (unpaired) electrons. The largest absolute Gasteiger partial charge is 0.493 e. The molecule has 146 valence electrons. The maximum Gasteiger partial charge on any atom is 0.279 e. The summed E-state index contributed by atoms with van der Waals surface area (Å²) in [5, 5.41) is 4.08. The van der Waals surface area contributed by atoms with Crippen molar-refractivity contribution in [2.24, 2.45) is 5.92 Å². The predicted octanol–water partition coefficient (Wildman–Crippen LogP) is 3.21. The van der Waals surface area contributed by atoms with Gasteiger partial charge in [-0.3, -0.25) is 9.89 Å². The molecule has 1 heterocycles. The molecule has 0 saturated carbocycles. The van der Waals surface area contributed by atoms with Crippen LogP contribution in [-0.2, 0) is 0 Å². The van der Waals surface area contributed by atoms with Crippen LogP contribution in [0.2, 0.25) is 0 Å². The first-order valence-corrected chi connectivity index (χ1v) is 9.77. The minimum atomic E-state index is -0.165. The first-order valence-electron chi connectivity index (χ1n) is 8.97. The van der Waals surface area contributed by atoms with Gasteiger partial charge in [0.1, 0.15) is 0 Å². The van der Waals surface area contributed by atoms with Crippen molar-refractivity contribution in [3.8, 4) is 17.2 Å². The van der Waals surface area contributed by atoms with E-state index in [1.54, 1.807) is 13.2 Å². The van der Waals surface area contributed by atoms with E-state index in [-0.39, 0.29) is 5.56 Å². The Bertz CT molecular complexity index is 1150. The first-order chi connectivity index (χ1) is 13.4. The maximum absolute atomic E-state index is 12.9. The lowest BCUT2D eigenvalue weighted by molar-refractivity contribution is 0.257. The molecule has 0 amide bonds. The van der Waals surface area contributed by atoms with Crippen molar-refractivity contribution in [2.45, 2.75) is 13.8 Å². The van der Waals surface area contributed by atoms with Crippen LogP contribution in [0.1, 0.15) is 19.4 Å². The molecule has 3 rings (SSSR count). The summed E-state index contributed by atoms with van der Waals surface area (Å²) in [6, 6.07) is 13.1. The van der Waals surface area contributed by atoms with Crippen molar-refractivity contribution in [1.29, 1.82) is 0 Å². The van der Waals surface area contributed by atoms with Gasteiger partial charge in [0.25, 0.3) is 5.56 Å². The van der Waals surface area contributed by atoms with E-state index in [9.17, 15) is 4.79 Å². The molecule has 0 spiro atoms. The van der Waals surface area contributed by atoms with E-state index in [0.717, 1.165) is 15.7 Å². The van der Waals surface area contributed by atoms with Crippen molar-refractivity contribution in [1.82, 2.24) is 9.78 Å². The van der Waals surface area contributed by atoms with Gasteiger partial charge in [-0.25, -0.2) is 4.68 Å². The number of aromatic amines is 1. The zero-order valence-electron chi connectivity index (χ0n) is 16.2. The van der Waals surface area contributed by atoms with Gasteiger partial charge in [0.2, 0.25) is 0 Å². The third kappa shape index (κ3) is 4.39. The molecule has 28 heavy (non-hydrogen) atoms. The minimum Gasteiger partial charge on any atom is -0.493 e. The van der Waals surface area contributed by atoms with Crippen LogP contribution in [0.25, 0.3) is 18.3 Å². The molecule has 1 N–H and O–H groups in total. The minimum absolute atomic E-state index is 0.165. The molecule has 0 saturated heterocycles. The summed E-state index contributed by atoms with van der Waals surface area (Å²) in [7, 11) is 1.60. The average Bonchev–Trinajstić information content (AvgIpc) is 2.95. The fourth-order valence-electron chi connectivity index (χ4n) is 2.76. The van der Waals surface area contributed by atoms with Crippen molar-refractivity contribution in [3.63, 3.8) is 0 Å².